The highest BCUT2D eigenvalue weighted by Gasteiger charge is 2.36. The number of morpholine rings is 1. The molecule has 3 atom stereocenters. The second-order valence-corrected chi connectivity index (χ2v) is 6.94. The highest BCUT2D eigenvalue weighted by atomic mass is 16.5. The summed E-state index contributed by atoms with van der Waals surface area (Å²) >= 11 is 0. The van der Waals surface area contributed by atoms with Crippen molar-refractivity contribution in [3.05, 3.63) is 0 Å². The zero-order chi connectivity index (χ0) is 15.5. The molecule has 122 valence electrons. The molecule has 2 aliphatic heterocycles. The van der Waals surface area contributed by atoms with Gasteiger partial charge in [0.1, 0.15) is 5.54 Å². The Kier molecular flexibility index (Phi) is 5.63. The second-order valence-electron chi connectivity index (χ2n) is 6.94. The van der Waals surface area contributed by atoms with Crippen molar-refractivity contribution in [1.82, 2.24) is 10.2 Å². The van der Waals surface area contributed by atoms with Crippen LogP contribution in [0.5, 0.6) is 0 Å². The monoisotopic (exact) mass is 298 g/mol. The summed E-state index contributed by atoms with van der Waals surface area (Å²) in [6, 6.07) is 0.258. The molecule has 0 aromatic carbocycles. The smallest absolute Gasteiger partial charge is 0.325 e. The standard InChI is InChI=1S/C16H30N2O3/c1-12(2)17-16(3,15(19)20-4)8-5-9-18-10-13-6-7-14(11-18)21-13/h12-14,17H,5-11H2,1-4H3. The molecule has 2 fully saturated rings. The van der Waals surface area contributed by atoms with Crippen LogP contribution in [0.4, 0.5) is 0 Å². The average molecular weight is 298 g/mol. The number of fused-ring (bicyclic) bond motifs is 2. The van der Waals surface area contributed by atoms with Gasteiger partial charge in [0.2, 0.25) is 0 Å². The van der Waals surface area contributed by atoms with Crippen LogP contribution in [0, 0.1) is 0 Å². The number of ether oxygens (including phenoxy) is 2. The number of hydrogen-bond acceptors (Lipinski definition) is 5. The van der Waals surface area contributed by atoms with Gasteiger partial charge in [0, 0.05) is 19.1 Å². The Morgan fingerprint density at radius 2 is 2.00 bits per heavy atom. The van der Waals surface area contributed by atoms with E-state index in [1.54, 1.807) is 0 Å². The fourth-order valence-corrected chi connectivity index (χ4v) is 3.63. The number of hydrogen-bond donors (Lipinski definition) is 1. The van der Waals surface area contributed by atoms with Crippen molar-refractivity contribution in [2.75, 3.05) is 26.7 Å². The van der Waals surface area contributed by atoms with Crippen LogP contribution in [-0.4, -0.2) is 61.4 Å². The van der Waals surface area contributed by atoms with Crippen molar-refractivity contribution in [3.8, 4) is 0 Å². The summed E-state index contributed by atoms with van der Waals surface area (Å²) in [6.45, 7) is 9.18. The van der Waals surface area contributed by atoms with Gasteiger partial charge >= 0.3 is 5.97 Å². The van der Waals surface area contributed by atoms with Crippen molar-refractivity contribution < 1.29 is 14.3 Å². The van der Waals surface area contributed by atoms with Crippen molar-refractivity contribution in [2.24, 2.45) is 0 Å². The van der Waals surface area contributed by atoms with Crippen LogP contribution in [0.2, 0.25) is 0 Å². The summed E-state index contributed by atoms with van der Waals surface area (Å²) in [7, 11) is 1.46. The number of carbonyl (C=O) groups is 1. The molecule has 0 spiro atoms. The van der Waals surface area contributed by atoms with E-state index in [1.807, 2.05) is 6.92 Å². The molecular formula is C16H30N2O3. The maximum atomic E-state index is 12.0. The summed E-state index contributed by atoms with van der Waals surface area (Å²) < 4.78 is 10.8. The lowest BCUT2D eigenvalue weighted by atomic mass is 9.94. The maximum Gasteiger partial charge on any atom is 0.325 e. The van der Waals surface area contributed by atoms with E-state index in [0.717, 1.165) is 32.5 Å². The molecule has 0 aromatic rings. The van der Waals surface area contributed by atoms with Crippen LogP contribution < -0.4 is 5.32 Å². The molecule has 5 heteroatoms. The SMILES string of the molecule is COC(=O)C(C)(CCCN1CC2CCC(C1)O2)NC(C)C. The summed E-state index contributed by atoms with van der Waals surface area (Å²) in [5, 5.41) is 3.36. The van der Waals surface area contributed by atoms with Crippen LogP contribution in [0.3, 0.4) is 0 Å². The molecule has 0 aliphatic carbocycles. The molecule has 2 aliphatic rings. The predicted molar refractivity (Wildman–Crippen MR) is 82.3 cm³/mol. The van der Waals surface area contributed by atoms with E-state index >= 15 is 0 Å². The van der Waals surface area contributed by atoms with E-state index in [1.165, 1.54) is 20.0 Å². The van der Waals surface area contributed by atoms with Crippen LogP contribution in [0.25, 0.3) is 0 Å². The van der Waals surface area contributed by atoms with Gasteiger partial charge in [-0.3, -0.25) is 15.0 Å². The van der Waals surface area contributed by atoms with Crippen LogP contribution >= 0.6 is 0 Å². The number of nitrogens with zero attached hydrogens (tertiary/aromatic N) is 1. The summed E-state index contributed by atoms with van der Waals surface area (Å²) in [5.74, 6) is -0.168. The fourth-order valence-electron chi connectivity index (χ4n) is 3.63. The highest BCUT2D eigenvalue weighted by molar-refractivity contribution is 5.80. The Labute approximate surface area is 128 Å². The largest absolute Gasteiger partial charge is 0.468 e. The van der Waals surface area contributed by atoms with Gasteiger partial charge in [-0.15, -0.1) is 0 Å². The van der Waals surface area contributed by atoms with E-state index in [4.69, 9.17) is 9.47 Å². The Hall–Kier alpha value is -0.650. The molecule has 1 N–H and O–H groups in total. The third kappa shape index (κ3) is 4.41. The predicted octanol–water partition coefficient (Wildman–Crippen LogP) is 1.56. The molecular weight excluding hydrogens is 268 g/mol. The fraction of sp³-hybridized carbons (Fsp3) is 0.938. The average Bonchev–Trinajstić information content (AvgIpc) is 2.76. The topological polar surface area (TPSA) is 50.8 Å². The van der Waals surface area contributed by atoms with Gasteiger partial charge in [0.05, 0.1) is 19.3 Å². The number of nitrogens with one attached hydrogen (secondary N) is 1. The van der Waals surface area contributed by atoms with Gasteiger partial charge in [-0.2, -0.15) is 0 Å². The van der Waals surface area contributed by atoms with Gasteiger partial charge in [0.25, 0.3) is 0 Å². The van der Waals surface area contributed by atoms with Gasteiger partial charge < -0.3 is 9.47 Å². The minimum absolute atomic E-state index is 0.168. The molecule has 21 heavy (non-hydrogen) atoms. The quantitative estimate of drug-likeness (QED) is 0.723. The minimum Gasteiger partial charge on any atom is -0.468 e. The second kappa shape index (κ2) is 7.07. The number of carbonyl (C=O) groups excluding carboxylic acids is 1. The Morgan fingerprint density at radius 3 is 2.52 bits per heavy atom. The number of methoxy groups -OCH3 is 1. The lowest BCUT2D eigenvalue weighted by molar-refractivity contribution is -0.148. The summed E-state index contributed by atoms with van der Waals surface area (Å²) in [4.78, 5) is 14.5. The van der Waals surface area contributed by atoms with Crippen molar-refractivity contribution in [2.45, 2.75) is 70.2 Å². The number of likely N-dealkylation sites (tertiary alicyclic amines) is 1. The first kappa shape index (κ1) is 16.7. The van der Waals surface area contributed by atoms with Gasteiger partial charge in [0.15, 0.2) is 0 Å². The molecule has 0 saturated carbocycles. The first-order valence-electron chi connectivity index (χ1n) is 8.17. The number of esters is 1. The molecule has 0 aromatic heterocycles. The van der Waals surface area contributed by atoms with E-state index in [0.29, 0.717) is 12.2 Å². The third-order valence-electron chi connectivity index (χ3n) is 4.51. The maximum absolute atomic E-state index is 12.0. The zero-order valence-corrected chi connectivity index (χ0v) is 13.9. The van der Waals surface area contributed by atoms with E-state index in [9.17, 15) is 4.79 Å². The highest BCUT2D eigenvalue weighted by Crippen LogP contribution is 2.26. The van der Waals surface area contributed by atoms with Crippen LogP contribution in [0.1, 0.15) is 46.5 Å². The number of rotatable bonds is 7. The first-order chi connectivity index (χ1) is 9.93. The molecule has 0 amide bonds. The van der Waals surface area contributed by atoms with Gasteiger partial charge in [-0.1, -0.05) is 0 Å². The molecule has 5 nitrogen and oxygen atoms in total. The zero-order valence-electron chi connectivity index (χ0n) is 13.9. The van der Waals surface area contributed by atoms with Gasteiger partial charge in [-0.05, 0) is 53.0 Å². The molecule has 2 heterocycles. The Balaban J connectivity index is 1.80. The van der Waals surface area contributed by atoms with E-state index in [2.05, 4.69) is 24.1 Å². The van der Waals surface area contributed by atoms with Gasteiger partial charge in [-0.25, -0.2) is 0 Å². The Morgan fingerprint density at radius 1 is 1.38 bits per heavy atom. The normalized spacial score (nSPS) is 28.6. The minimum atomic E-state index is -0.589. The molecule has 2 rings (SSSR count). The van der Waals surface area contributed by atoms with Crippen LogP contribution in [0.15, 0.2) is 0 Å². The lowest BCUT2D eigenvalue weighted by Gasteiger charge is -2.34. The first-order valence-corrected chi connectivity index (χ1v) is 8.17. The summed E-state index contributed by atoms with van der Waals surface area (Å²) in [6.07, 6.45) is 5.07. The third-order valence-corrected chi connectivity index (χ3v) is 4.51. The lowest BCUT2D eigenvalue weighted by Crippen LogP contribution is -2.53. The Bertz CT molecular complexity index is 349. The van der Waals surface area contributed by atoms with Crippen molar-refractivity contribution >= 4 is 5.97 Å². The summed E-state index contributed by atoms with van der Waals surface area (Å²) in [5.41, 5.74) is -0.589. The van der Waals surface area contributed by atoms with E-state index < -0.39 is 5.54 Å². The molecule has 2 bridgehead atoms. The molecule has 2 saturated heterocycles. The van der Waals surface area contributed by atoms with Crippen LogP contribution in [-0.2, 0) is 14.3 Å². The molecule has 3 unspecified atom stereocenters. The van der Waals surface area contributed by atoms with Crippen molar-refractivity contribution in [1.29, 1.82) is 0 Å². The molecule has 0 radical (unpaired) electrons. The van der Waals surface area contributed by atoms with E-state index in [-0.39, 0.29) is 12.0 Å². The van der Waals surface area contributed by atoms with Crippen molar-refractivity contribution in [3.63, 3.8) is 0 Å².